The summed E-state index contributed by atoms with van der Waals surface area (Å²) in [6, 6.07) is 6.89. The number of phenols is 2. The molecule has 0 bridgehead atoms. The molecule has 0 radical (unpaired) electrons. The van der Waals surface area contributed by atoms with Gasteiger partial charge in [-0.05, 0) is 56.1 Å². The zero-order valence-electron chi connectivity index (χ0n) is 10.8. The molecule has 0 unspecified atom stereocenters. The molecule has 0 aliphatic heterocycles. The lowest BCUT2D eigenvalue weighted by Gasteiger charge is -2.02. The molecule has 0 atom stereocenters. The van der Waals surface area contributed by atoms with Crippen LogP contribution in [0.3, 0.4) is 0 Å². The number of halogens is 4. The van der Waals surface area contributed by atoms with E-state index in [0.717, 1.165) is 8.95 Å². The minimum atomic E-state index is 0.0789. The van der Waals surface area contributed by atoms with Gasteiger partial charge >= 0.3 is 0 Å². The number of phenolic OH excluding ortho intramolecular Hbond substituents is 2. The third-order valence-electron chi connectivity index (χ3n) is 2.58. The highest BCUT2D eigenvalue weighted by molar-refractivity contribution is 9.11. The van der Waals surface area contributed by atoms with E-state index in [1.807, 2.05) is 0 Å². The number of benzene rings is 2. The molecule has 4 nitrogen and oxygen atoms in total. The topological polar surface area (TPSA) is 65.2 Å². The summed E-state index contributed by atoms with van der Waals surface area (Å²) in [6.07, 6.45) is 2.84. The molecule has 2 rings (SSSR count). The first-order valence-electron chi connectivity index (χ1n) is 5.81. The number of hydrogen-bond acceptors (Lipinski definition) is 4. The molecule has 0 amide bonds. The molecule has 8 heteroatoms. The van der Waals surface area contributed by atoms with Crippen LogP contribution in [0.25, 0.3) is 0 Å². The second kappa shape index (κ2) is 7.72. The average Bonchev–Trinajstić information content (AvgIpc) is 2.44. The lowest BCUT2D eigenvalue weighted by atomic mass is 10.2. The Morgan fingerprint density at radius 2 is 1.05 bits per heavy atom. The molecule has 0 fully saturated rings. The lowest BCUT2D eigenvalue weighted by molar-refractivity contribution is 0.470. The standard InChI is InChI=1S/C14H8Br4N2O2/c15-9-1-7(13(21)11(17)3-9)5-19-20-6-8-2-10(16)4-12(18)14(8)22/h1-6,21-22H/b19-5-,20-6+. The molecule has 2 aromatic rings. The van der Waals surface area contributed by atoms with Gasteiger partial charge in [0.05, 0.1) is 21.4 Å². The van der Waals surface area contributed by atoms with Crippen LogP contribution in [0.4, 0.5) is 0 Å². The fourth-order valence-electron chi connectivity index (χ4n) is 1.56. The van der Waals surface area contributed by atoms with Crippen molar-refractivity contribution in [2.24, 2.45) is 10.2 Å². The Kier molecular flexibility index (Phi) is 6.19. The molecule has 0 saturated heterocycles. The molecule has 2 N–H and O–H groups in total. The van der Waals surface area contributed by atoms with Crippen LogP contribution in [0.1, 0.15) is 11.1 Å². The average molecular weight is 556 g/mol. The summed E-state index contributed by atoms with van der Waals surface area (Å²) in [6.45, 7) is 0. The smallest absolute Gasteiger partial charge is 0.138 e. The third-order valence-corrected chi connectivity index (χ3v) is 4.70. The van der Waals surface area contributed by atoms with Crippen molar-refractivity contribution in [1.82, 2.24) is 0 Å². The number of aromatic hydroxyl groups is 2. The van der Waals surface area contributed by atoms with E-state index >= 15 is 0 Å². The molecule has 114 valence electrons. The fraction of sp³-hybridized carbons (Fsp3) is 0. The van der Waals surface area contributed by atoms with Crippen molar-refractivity contribution in [3.63, 3.8) is 0 Å². The maximum absolute atomic E-state index is 9.89. The van der Waals surface area contributed by atoms with Crippen molar-refractivity contribution in [2.75, 3.05) is 0 Å². The first-order chi connectivity index (χ1) is 10.4. The largest absolute Gasteiger partial charge is 0.506 e. The van der Waals surface area contributed by atoms with Gasteiger partial charge in [-0.3, -0.25) is 0 Å². The van der Waals surface area contributed by atoms with Crippen LogP contribution in [0.2, 0.25) is 0 Å². The summed E-state index contributed by atoms with van der Waals surface area (Å²) in [5.41, 5.74) is 1.02. The summed E-state index contributed by atoms with van der Waals surface area (Å²) in [7, 11) is 0. The maximum atomic E-state index is 9.89. The Morgan fingerprint density at radius 1 is 0.682 bits per heavy atom. The zero-order chi connectivity index (χ0) is 16.3. The van der Waals surface area contributed by atoms with Gasteiger partial charge < -0.3 is 10.2 Å². The van der Waals surface area contributed by atoms with E-state index in [2.05, 4.69) is 73.9 Å². The predicted octanol–water partition coefficient (Wildman–Crippen LogP) is 5.60. The highest BCUT2D eigenvalue weighted by Gasteiger charge is 2.06. The van der Waals surface area contributed by atoms with Crippen LogP contribution in [-0.4, -0.2) is 22.6 Å². The van der Waals surface area contributed by atoms with Crippen molar-refractivity contribution in [1.29, 1.82) is 0 Å². The Morgan fingerprint density at radius 3 is 1.41 bits per heavy atom. The van der Waals surface area contributed by atoms with Gasteiger partial charge in [0.25, 0.3) is 0 Å². The second-order valence-electron chi connectivity index (χ2n) is 4.14. The van der Waals surface area contributed by atoms with E-state index in [1.54, 1.807) is 24.3 Å². The Hall–Kier alpha value is -0.700. The predicted molar refractivity (Wildman–Crippen MR) is 102 cm³/mol. The van der Waals surface area contributed by atoms with E-state index in [9.17, 15) is 10.2 Å². The number of nitrogens with zero attached hydrogens (tertiary/aromatic N) is 2. The molecule has 0 aliphatic rings. The van der Waals surface area contributed by atoms with Crippen molar-refractivity contribution >= 4 is 76.1 Å². The first kappa shape index (κ1) is 17.7. The normalized spacial score (nSPS) is 11.6. The molecule has 2 aromatic carbocycles. The number of rotatable bonds is 3. The van der Waals surface area contributed by atoms with Gasteiger partial charge in [-0.1, -0.05) is 31.9 Å². The third kappa shape index (κ3) is 4.41. The van der Waals surface area contributed by atoms with E-state index in [1.165, 1.54) is 12.4 Å². The van der Waals surface area contributed by atoms with Gasteiger partial charge in [-0.15, -0.1) is 0 Å². The van der Waals surface area contributed by atoms with Crippen molar-refractivity contribution in [2.45, 2.75) is 0 Å². The maximum Gasteiger partial charge on any atom is 0.138 e. The van der Waals surface area contributed by atoms with Gasteiger partial charge in [0.1, 0.15) is 11.5 Å². The summed E-state index contributed by atoms with van der Waals surface area (Å²) in [5.74, 6) is 0.158. The van der Waals surface area contributed by atoms with E-state index in [4.69, 9.17) is 0 Å². The fourth-order valence-corrected chi connectivity index (χ4v) is 4.08. The van der Waals surface area contributed by atoms with Crippen molar-refractivity contribution in [3.8, 4) is 11.5 Å². The first-order valence-corrected chi connectivity index (χ1v) is 8.98. The van der Waals surface area contributed by atoms with Crippen LogP contribution in [0, 0.1) is 0 Å². The minimum absolute atomic E-state index is 0.0789. The molecule has 0 aromatic heterocycles. The molecular formula is C14H8Br4N2O2. The van der Waals surface area contributed by atoms with Gasteiger partial charge in [0, 0.05) is 20.1 Å². The second-order valence-corrected chi connectivity index (χ2v) is 7.68. The minimum Gasteiger partial charge on any atom is -0.506 e. The van der Waals surface area contributed by atoms with Crippen LogP contribution >= 0.6 is 63.7 Å². The van der Waals surface area contributed by atoms with E-state index in [-0.39, 0.29) is 11.5 Å². The van der Waals surface area contributed by atoms with Gasteiger partial charge in [0.15, 0.2) is 0 Å². The van der Waals surface area contributed by atoms with Gasteiger partial charge in [-0.2, -0.15) is 10.2 Å². The van der Waals surface area contributed by atoms with Gasteiger partial charge in [-0.25, -0.2) is 0 Å². The SMILES string of the molecule is Oc1c(Br)cc(Br)cc1/C=N\N=C\c1cc(Br)cc(Br)c1O. The molecular weight excluding hydrogens is 548 g/mol. The summed E-state index contributed by atoms with van der Waals surface area (Å²) < 4.78 is 2.72. The molecule has 0 aliphatic carbocycles. The zero-order valence-corrected chi connectivity index (χ0v) is 17.1. The quantitative estimate of drug-likeness (QED) is 0.382. The van der Waals surface area contributed by atoms with Crippen molar-refractivity contribution < 1.29 is 10.2 Å². The van der Waals surface area contributed by atoms with Crippen LogP contribution in [0.15, 0.2) is 52.4 Å². The lowest BCUT2D eigenvalue weighted by Crippen LogP contribution is -1.86. The molecule has 22 heavy (non-hydrogen) atoms. The van der Waals surface area contributed by atoms with Gasteiger partial charge in [0.2, 0.25) is 0 Å². The monoisotopic (exact) mass is 552 g/mol. The summed E-state index contributed by atoms with van der Waals surface area (Å²) >= 11 is 13.2. The summed E-state index contributed by atoms with van der Waals surface area (Å²) in [5, 5.41) is 27.5. The van der Waals surface area contributed by atoms with Crippen LogP contribution < -0.4 is 0 Å². The van der Waals surface area contributed by atoms with Crippen LogP contribution in [0.5, 0.6) is 11.5 Å². The number of hydrogen-bond donors (Lipinski definition) is 2. The Bertz CT molecular complexity index is 710. The Balaban J connectivity index is 2.23. The Labute approximate surface area is 160 Å². The highest BCUT2D eigenvalue weighted by Crippen LogP contribution is 2.31. The summed E-state index contributed by atoms with van der Waals surface area (Å²) in [4.78, 5) is 0. The highest BCUT2D eigenvalue weighted by atomic mass is 79.9. The van der Waals surface area contributed by atoms with E-state index < -0.39 is 0 Å². The van der Waals surface area contributed by atoms with Crippen LogP contribution in [-0.2, 0) is 0 Å². The molecule has 0 saturated carbocycles. The molecule has 0 heterocycles. The van der Waals surface area contributed by atoms with E-state index in [0.29, 0.717) is 20.1 Å². The molecule has 0 spiro atoms. The van der Waals surface area contributed by atoms with Crippen molar-refractivity contribution in [3.05, 3.63) is 53.3 Å².